The van der Waals surface area contributed by atoms with Gasteiger partial charge in [0.15, 0.2) is 0 Å². The topological polar surface area (TPSA) is 68.6 Å². The van der Waals surface area contributed by atoms with Gasteiger partial charge < -0.3 is 19.9 Å². The van der Waals surface area contributed by atoms with Gasteiger partial charge in [0.25, 0.3) is 5.91 Å². The summed E-state index contributed by atoms with van der Waals surface area (Å²) in [6.07, 6.45) is 0. The van der Waals surface area contributed by atoms with E-state index in [4.69, 9.17) is 10.00 Å². The van der Waals surface area contributed by atoms with Crippen molar-refractivity contribution >= 4 is 23.0 Å². The largest absolute Gasteiger partial charge is 0.497 e. The third-order valence-corrected chi connectivity index (χ3v) is 5.56. The van der Waals surface area contributed by atoms with E-state index in [1.54, 1.807) is 37.4 Å². The first-order valence-corrected chi connectivity index (χ1v) is 10.3. The Labute approximate surface area is 186 Å². The van der Waals surface area contributed by atoms with E-state index < -0.39 is 5.82 Å². The second kappa shape index (κ2) is 9.40. The molecule has 0 unspecified atom stereocenters. The highest BCUT2D eigenvalue weighted by Gasteiger charge is 2.18. The van der Waals surface area contributed by atoms with Crippen LogP contribution in [0, 0.1) is 17.1 Å². The molecule has 0 bridgehead atoms. The number of halogens is 1. The zero-order chi connectivity index (χ0) is 22.5. The lowest BCUT2D eigenvalue weighted by molar-refractivity contribution is 0.102. The fraction of sp³-hybridized carbons (Fsp3) is 0.200. The van der Waals surface area contributed by atoms with E-state index in [0.717, 1.165) is 43.2 Å². The molecule has 3 aromatic rings. The average Bonchev–Trinajstić information content (AvgIpc) is 2.84. The highest BCUT2D eigenvalue weighted by molar-refractivity contribution is 6.04. The number of methoxy groups -OCH3 is 1. The van der Waals surface area contributed by atoms with Gasteiger partial charge in [-0.1, -0.05) is 0 Å². The summed E-state index contributed by atoms with van der Waals surface area (Å²) in [5.41, 5.74) is 3.20. The van der Waals surface area contributed by atoms with Crippen LogP contribution in [0.25, 0.3) is 0 Å². The Kier molecular flexibility index (Phi) is 6.22. The number of nitrogens with one attached hydrogen (secondary N) is 1. The molecule has 1 N–H and O–H groups in total. The van der Waals surface area contributed by atoms with Gasteiger partial charge in [-0.2, -0.15) is 5.26 Å². The Hall–Kier alpha value is -4.05. The Morgan fingerprint density at radius 3 is 2.09 bits per heavy atom. The van der Waals surface area contributed by atoms with E-state index in [1.807, 2.05) is 30.3 Å². The molecule has 6 nitrogen and oxygen atoms in total. The van der Waals surface area contributed by atoms with Crippen LogP contribution in [0.5, 0.6) is 5.75 Å². The molecule has 3 aromatic carbocycles. The summed E-state index contributed by atoms with van der Waals surface area (Å²) in [5.74, 6) is 0.0405. The van der Waals surface area contributed by atoms with Crippen molar-refractivity contribution in [2.75, 3.05) is 48.4 Å². The molecule has 0 aliphatic carbocycles. The molecule has 0 saturated carbocycles. The zero-order valence-electron chi connectivity index (χ0n) is 17.7. The van der Waals surface area contributed by atoms with Gasteiger partial charge in [-0.3, -0.25) is 4.79 Å². The lowest BCUT2D eigenvalue weighted by Gasteiger charge is -2.37. The predicted octanol–water partition coefficient (Wildman–Crippen LogP) is 4.28. The van der Waals surface area contributed by atoms with Crippen LogP contribution in [0.2, 0.25) is 0 Å². The van der Waals surface area contributed by atoms with Gasteiger partial charge in [0, 0.05) is 48.8 Å². The monoisotopic (exact) mass is 430 g/mol. The Bertz CT molecular complexity index is 1130. The van der Waals surface area contributed by atoms with Crippen molar-refractivity contribution in [1.29, 1.82) is 5.26 Å². The molecule has 32 heavy (non-hydrogen) atoms. The van der Waals surface area contributed by atoms with E-state index in [0.29, 0.717) is 11.3 Å². The number of carbonyl (C=O) groups is 1. The summed E-state index contributed by atoms with van der Waals surface area (Å²) in [6, 6.07) is 21.3. The molecule has 1 saturated heterocycles. The lowest BCUT2D eigenvalue weighted by atomic mass is 10.1. The molecule has 1 fully saturated rings. The van der Waals surface area contributed by atoms with Crippen molar-refractivity contribution < 1.29 is 13.9 Å². The molecule has 7 heteroatoms. The molecule has 1 aliphatic rings. The zero-order valence-corrected chi connectivity index (χ0v) is 17.7. The summed E-state index contributed by atoms with van der Waals surface area (Å²) in [7, 11) is 1.59. The van der Waals surface area contributed by atoms with Crippen LogP contribution in [-0.2, 0) is 0 Å². The maximum Gasteiger partial charge on any atom is 0.255 e. The molecule has 0 radical (unpaired) electrons. The van der Waals surface area contributed by atoms with Crippen LogP contribution in [0.1, 0.15) is 15.9 Å². The number of benzene rings is 3. The van der Waals surface area contributed by atoms with Crippen molar-refractivity contribution in [3.8, 4) is 11.8 Å². The van der Waals surface area contributed by atoms with Crippen LogP contribution < -0.4 is 19.9 Å². The first-order valence-electron chi connectivity index (χ1n) is 10.3. The van der Waals surface area contributed by atoms with Gasteiger partial charge in [-0.25, -0.2) is 4.39 Å². The summed E-state index contributed by atoms with van der Waals surface area (Å²) in [6.45, 7) is 3.08. The number of hydrogen-bond acceptors (Lipinski definition) is 5. The minimum absolute atomic E-state index is 0.0616. The molecule has 0 atom stereocenters. The second-order valence-corrected chi connectivity index (χ2v) is 7.48. The highest BCUT2D eigenvalue weighted by Crippen LogP contribution is 2.24. The lowest BCUT2D eigenvalue weighted by Crippen LogP contribution is -2.46. The molecule has 1 aliphatic heterocycles. The minimum atomic E-state index is -0.486. The van der Waals surface area contributed by atoms with Gasteiger partial charge in [-0.15, -0.1) is 0 Å². The van der Waals surface area contributed by atoms with Crippen LogP contribution in [-0.4, -0.2) is 39.2 Å². The van der Waals surface area contributed by atoms with Crippen LogP contribution >= 0.6 is 0 Å². The van der Waals surface area contributed by atoms with Crippen LogP contribution in [0.15, 0.2) is 66.7 Å². The van der Waals surface area contributed by atoms with Crippen LogP contribution in [0.3, 0.4) is 0 Å². The Morgan fingerprint density at radius 1 is 0.938 bits per heavy atom. The van der Waals surface area contributed by atoms with Gasteiger partial charge >= 0.3 is 0 Å². The predicted molar refractivity (Wildman–Crippen MR) is 123 cm³/mol. The SMILES string of the molecule is COc1ccc(C(=O)Nc2ccc(N3CCN(c4ccc(C#N)c(F)c4)CC3)cc2)cc1. The Morgan fingerprint density at radius 2 is 1.53 bits per heavy atom. The number of ether oxygens (including phenoxy) is 1. The van der Waals surface area contributed by atoms with E-state index in [2.05, 4.69) is 15.1 Å². The molecule has 4 rings (SSSR count). The van der Waals surface area contributed by atoms with Gasteiger partial charge in [0.2, 0.25) is 0 Å². The number of nitriles is 1. The minimum Gasteiger partial charge on any atom is -0.497 e. The first-order chi connectivity index (χ1) is 15.6. The second-order valence-electron chi connectivity index (χ2n) is 7.48. The summed E-state index contributed by atoms with van der Waals surface area (Å²) < 4.78 is 19.0. The molecular formula is C25H23FN4O2. The van der Waals surface area contributed by atoms with E-state index in [9.17, 15) is 9.18 Å². The number of nitrogens with zero attached hydrogens (tertiary/aromatic N) is 3. The highest BCUT2D eigenvalue weighted by atomic mass is 19.1. The van der Waals surface area contributed by atoms with E-state index >= 15 is 0 Å². The fourth-order valence-corrected chi connectivity index (χ4v) is 3.72. The number of carbonyl (C=O) groups excluding carboxylic acids is 1. The maximum atomic E-state index is 13.9. The van der Waals surface area contributed by atoms with Gasteiger partial charge in [0.1, 0.15) is 17.6 Å². The number of piperazine rings is 1. The molecule has 1 heterocycles. The van der Waals surface area contributed by atoms with E-state index in [1.165, 1.54) is 12.1 Å². The van der Waals surface area contributed by atoms with Gasteiger partial charge in [-0.05, 0) is 66.7 Å². The summed E-state index contributed by atoms with van der Waals surface area (Å²) >= 11 is 0. The van der Waals surface area contributed by atoms with Crippen molar-refractivity contribution in [3.05, 3.63) is 83.7 Å². The third kappa shape index (κ3) is 4.65. The fourth-order valence-electron chi connectivity index (χ4n) is 3.72. The molecule has 0 spiro atoms. The molecule has 0 aromatic heterocycles. The molecule has 1 amide bonds. The van der Waals surface area contributed by atoms with E-state index in [-0.39, 0.29) is 11.5 Å². The standard InChI is InChI=1S/C25H23FN4O2/c1-32-23-10-3-18(4-11-23)25(31)28-20-5-8-21(9-6-20)29-12-14-30(15-13-29)22-7-2-19(17-27)24(26)16-22/h2-11,16H,12-15H2,1H3,(H,28,31). The van der Waals surface area contributed by atoms with Crippen molar-refractivity contribution in [2.24, 2.45) is 0 Å². The quantitative estimate of drug-likeness (QED) is 0.654. The average molecular weight is 430 g/mol. The summed E-state index contributed by atoms with van der Waals surface area (Å²) in [4.78, 5) is 16.8. The summed E-state index contributed by atoms with van der Waals surface area (Å²) in [5, 5.41) is 11.8. The van der Waals surface area contributed by atoms with Crippen molar-refractivity contribution in [3.63, 3.8) is 0 Å². The van der Waals surface area contributed by atoms with Crippen molar-refractivity contribution in [1.82, 2.24) is 0 Å². The first kappa shape index (κ1) is 21.2. The maximum absolute atomic E-state index is 13.9. The number of hydrogen-bond donors (Lipinski definition) is 1. The third-order valence-electron chi connectivity index (χ3n) is 5.56. The number of rotatable bonds is 5. The van der Waals surface area contributed by atoms with Crippen LogP contribution in [0.4, 0.5) is 21.5 Å². The number of anilines is 3. The smallest absolute Gasteiger partial charge is 0.255 e. The van der Waals surface area contributed by atoms with Crippen molar-refractivity contribution in [2.45, 2.75) is 0 Å². The van der Waals surface area contributed by atoms with Gasteiger partial charge in [0.05, 0.1) is 12.7 Å². The molecular weight excluding hydrogens is 407 g/mol. The number of amides is 1. The Balaban J connectivity index is 1.34. The molecule has 162 valence electrons. The normalized spacial score (nSPS) is 13.4.